The highest BCUT2D eigenvalue weighted by molar-refractivity contribution is 6.07. The molecular weight excluding hydrogens is 298 g/mol. The van der Waals surface area contributed by atoms with Crippen LogP contribution in [0.25, 0.3) is 10.8 Å². The molecule has 3 aromatic rings. The van der Waals surface area contributed by atoms with E-state index >= 15 is 0 Å². The van der Waals surface area contributed by atoms with Gasteiger partial charge in [0.2, 0.25) is 0 Å². The monoisotopic (exact) mass is 319 g/mol. The number of rotatable bonds is 3. The standard InChI is InChI=1S/C20H21N3O/c24-20(19-8-3-6-17-5-1-2-7-18(17)19)22-13-9-16(10-14-22)15-23-12-4-11-21-23/h1-8,11-12,16H,9-10,13-15H2. The van der Waals surface area contributed by atoms with Gasteiger partial charge in [-0.15, -0.1) is 0 Å². The minimum Gasteiger partial charge on any atom is -0.339 e. The number of hydrogen-bond acceptors (Lipinski definition) is 2. The molecule has 0 bridgehead atoms. The van der Waals surface area contributed by atoms with Crippen LogP contribution in [-0.2, 0) is 6.54 Å². The molecule has 1 saturated heterocycles. The van der Waals surface area contributed by atoms with E-state index in [-0.39, 0.29) is 5.91 Å². The summed E-state index contributed by atoms with van der Waals surface area (Å²) >= 11 is 0. The normalized spacial score (nSPS) is 15.8. The van der Waals surface area contributed by atoms with Gasteiger partial charge < -0.3 is 4.90 Å². The van der Waals surface area contributed by atoms with E-state index in [9.17, 15) is 4.79 Å². The lowest BCUT2D eigenvalue weighted by molar-refractivity contribution is 0.0683. The van der Waals surface area contributed by atoms with Gasteiger partial charge in [0.25, 0.3) is 5.91 Å². The summed E-state index contributed by atoms with van der Waals surface area (Å²) in [4.78, 5) is 14.9. The van der Waals surface area contributed by atoms with Gasteiger partial charge in [-0.25, -0.2) is 0 Å². The summed E-state index contributed by atoms with van der Waals surface area (Å²) in [6.45, 7) is 2.60. The van der Waals surface area contributed by atoms with E-state index in [1.54, 1.807) is 0 Å². The van der Waals surface area contributed by atoms with Crippen LogP contribution >= 0.6 is 0 Å². The molecule has 1 aliphatic heterocycles. The van der Waals surface area contributed by atoms with Crippen molar-refractivity contribution in [2.45, 2.75) is 19.4 Å². The van der Waals surface area contributed by atoms with Crippen LogP contribution < -0.4 is 0 Å². The van der Waals surface area contributed by atoms with E-state index in [4.69, 9.17) is 0 Å². The molecule has 2 heterocycles. The topological polar surface area (TPSA) is 38.1 Å². The molecule has 1 aromatic heterocycles. The Labute approximate surface area is 141 Å². The van der Waals surface area contributed by atoms with Crippen LogP contribution in [0, 0.1) is 5.92 Å². The first kappa shape index (κ1) is 14.9. The Balaban J connectivity index is 1.46. The van der Waals surface area contributed by atoms with Crippen molar-refractivity contribution in [1.82, 2.24) is 14.7 Å². The van der Waals surface area contributed by atoms with E-state index in [1.165, 1.54) is 0 Å². The largest absolute Gasteiger partial charge is 0.339 e. The summed E-state index contributed by atoms with van der Waals surface area (Å²) in [5, 5.41) is 6.45. The lowest BCUT2D eigenvalue weighted by Gasteiger charge is -2.32. The maximum atomic E-state index is 12.9. The molecule has 2 aromatic carbocycles. The van der Waals surface area contributed by atoms with E-state index in [0.717, 1.165) is 48.8 Å². The zero-order valence-electron chi connectivity index (χ0n) is 13.6. The fourth-order valence-corrected chi connectivity index (χ4v) is 3.57. The number of likely N-dealkylation sites (tertiary alicyclic amines) is 1. The minimum atomic E-state index is 0.157. The summed E-state index contributed by atoms with van der Waals surface area (Å²) in [7, 11) is 0. The van der Waals surface area contributed by atoms with Gasteiger partial charge in [0.1, 0.15) is 0 Å². The van der Waals surface area contributed by atoms with Crippen LogP contribution in [0.3, 0.4) is 0 Å². The number of carbonyl (C=O) groups excluding carboxylic acids is 1. The second kappa shape index (κ2) is 6.48. The number of hydrogen-bond donors (Lipinski definition) is 0. The van der Waals surface area contributed by atoms with Crippen molar-refractivity contribution >= 4 is 16.7 Å². The predicted octanol–water partition coefficient (Wildman–Crippen LogP) is 3.59. The number of nitrogens with zero attached hydrogens (tertiary/aromatic N) is 3. The quantitative estimate of drug-likeness (QED) is 0.740. The number of aromatic nitrogens is 2. The first-order chi connectivity index (χ1) is 11.8. The number of benzene rings is 2. The molecule has 0 radical (unpaired) electrons. The van der Waals surface area contributed by atoms with E-state index in [2.05, 4.69) is 17.2 Å². The summed E-state index contributed by atoms with van der Waals surface area (Å²) in [6, 6.07) is 16.0. The highest BCUT2D eigenvalue weighted by Crippen LogP contribution is 2.24. The molecule has 4 heteroatoms. The number of amides is 1. The molecule has 0 aliphatic carbocycles. The molecule has 1 aliphatic rings. The van der Waals surface area contributed by atoms with Crippen LogP contribution in [0.2, 0.25) is 0 Å². The molecule has 24 heavy (non-hydrogen) atoms. The van der Waals surface area contributed by atoms with Crippen LogP contribution in [0.15, 0.2) is 60.9 Å². The molecular formula is C20H21N3O. The van der Waals surface area contributed by atoms with Crippen molar-refractivity contribution in [3.63, 3.8) is 0 Å². The van der Waals surface area contributed by atoms with Gasteiger partial charge in [0.15, 0.2) is 0 Å². The Morgan fingerprint density at radius 2 is 1.83 bits per heavy atom. The zero-order valence-corrected chi connectivity index (χ0v) is 13.6. The number of carbonyl (C=O) groups is 1. The number of fused-ring (bicyclic) bond motifs is 1. The SMILES string of the molecule is O=C(c1cccc2ccccc12)N1CCC(Cn2cccn2)CC1. The molecule has 1 amide bonds. The molecule has 0 atom stereocenters. The Morgan fingerprint density at radius 3 is 2.62 bits per heavy atom. The molecule has 4 nitrogen and oxygen atoms in total. The van der Waals surface area contributed by atoms with Crippen molar-refractivity contribution < 1.29 is 4.79 Å². The smallest absolute Gasteiger partial charge is 0.254 e. The highest BCUT2D eigenvalue weighted by atomic mass is 16.2. The van der Waals surface area contributed by atoms with Crippen molar-refractivity contribution in [3.8, 4) is 0 Å². The number of piperidine rings is 1. The second-order valence-electron chi connectivity index (χ2n) is 6.49. The summed E-state index contributed by atoms with van der Waals surface area (Å²) in [6.07, 6.45) is 5.90. The molecule has 0 unspecified atom stereocenters. The average Bonchev–Trinajstić information content (AvgIpc) is 3.14. The van der Waals surface area contributed by atoms with Gasteiger partial charge in [-0.05, 0) is 41.7 Å². The molecule has 0 spiro atoms. The molecule has 0 saturated carbocycles. The fraction of sp³-hybridized carbons (Fsp3) is 0.300. The van der Waals surface area contributed by atoms with Crippen molar-refractivity contribution in [3.05, 3.63) is 66.5 Å². The second-order valence-corrected chi connectivity index (χ2v) is 6.49. The van der Waals surface area contributed by atoms with Gasteiger partial charge >= 0.3 is 0 Å². The van der Waals surface area contributed by atoms with E-state index < -0.39 is 0 Å². The minimum absolute atomic E-state index is 0.157. The predicted molar refractivity (Wildman–Crippen MR) is 94.8 cm³/mol. The van der Waals surface area contributed by atoms with Crippen LogP contribution in [0.5, 0.6) is 0 Å². The summed E-state index contributed by atoms with van der Waals surface area (Å²) < 4.78 is 1.99. The van der Waals surface area contributed by atoms with Gasteiger partial charge in [0, 0.05) is 37.6 Å². The third-order valence-electron chi connectivity index (χ3n) is 4.93. The van der Waals surface area contributed by atoms with Gasteiger partial charge in [-0.3, -0.25) is 9.48 Å². The Kier molecular flexibility index (Phi) is 4.03. The van der Waals surface area contributed by atoms with Crippen molar-refractivity contribution in [2.75, 3.05) is 13.1 Å². The zero-order chi connectivity index (χ0) is 16.4. The molecule has 1 fully saturated rings. The Hall–Kier alpha value is -2.62. The lowest BCUT2D eigenvalue weighted by Crippen LogP contribution is -2.39. The van der Waals surface area contributed by atoms with Gasteiger partial charge in [-0.2, -0.15) is 5.10 Å². The van der Waals surface area contributed by atoms with Crippen LogP contribution in [0.1, 0.15) is 23.2 Å². The maximum Gasteiger partial charge on any atom is 0.254 e. The molecule has 0 N–H and O–H groups in total. The molecule has 122 valence electrons. The van der Waals surface area contributed by atoms with Gasteiger partial charge in [0.05, 0.1) is 0 Å². The summed E-state index contributed by atoms with van der Waals surface area (Å²) in [5.41, 5.74) is 0.818. The van der Waals surface area contributed by atoms with Gasteiger partial charge in [-0.1, -0.05) is 36.4 Å². The fourth-order valence-electron chi connectivity index (χ4n) is 3.57. The van der Waals surface area contributed by atoms with Crippen molar-refractivity contribution in [2.24, 2.45) is 5.92 Å². The Morgan fingerprint density at radius 1 is 1.04 bits per heavy atom. The maximum absolute atomic E-state index is 12.9. The van der Waals surface area contributed by atoms with Crippen molar-refractivity contribution in [1.29, 1.82) is 0 Å². The van der Waals surface area contributed by atoms with E-state index in [1.807, 2.05) is 58.4 Å². The van der Waals surface area contributed by atoms with Crippen LogP contribution in [-0.4, -0.2) is 33.7 Å². The van der Waals surface area contributed by atoms with Crippen LogP contribution in [0.4, 0.5) is 0 Å². The average molecular weight is 319 g/mol. The van der Waals surface area contributed by atoms with E-state index in [0.29, 0.717) is 5.92 Å². The molecule has 4 rings (SSSR count). The highest BCUT2D eigenvalue weighted by Gasteiger charge is 2.24. The first-order valence-electron chi connectivity index (χ1n) is 8.56. The first-order valence-corrected chi connectivity index (χ1v) is 8.56. The summed E-state index contributed by atoms with van der Waals surface area (Å²) in [5.74, 6) is 0.755. The Bertz CT molecular complexity index is 828. The lowest BCUT2D eigenvalue weighted by atomic mass is 9.95. The third-order valence-corrected chi connectivity index (χ3v) is 4.93. The third kappa shape index (κ3) is 2.92.